The number of nitrogens with zero attached hydrogens (tertiary/aromatic N) is 1. The van der Waals surface area contributed by atoms with Crippen LogP contribution >= 0.6 is 0 Å². The van der Waals surface area contributed by atoms with Gasteiger partial charge in [-0.05, 0) is 56.8 Å². The lowest BCUT2D eigenvalue weighted by atomic mass is 9.81. The number of likely N-dealkylation sites (tertiary alicyclic amines) is 1. The van der Waals surface area contributed by atoms with Crippen LogP contribution in [0.5, 0.6) is 0 Å². The van der Waals surface area contributed by atoms with Crippen molar-refractivity contribution in [2.45, 2.75) is 51.2 Å². The quantitative estimate of drug-likeness (QED) is 0.291. The van der Waals surface area contributed by atoms with Crippen molar-refractivity contribution in [1.29, 1.82) is 0 Å². The molecule has 2 heterocycles. The first-order valence-electron chi connectivity index (χ1n) is 11.6. The van der Waals surface area contributed by atoms with Crippen LogP contribution in [0.3, 0.4) is 0 Å². The molecule has 4 rings (SSSR count). The van der Waals surface area contributed by atoms with Crippen molar-refractivity contribution in [2.24, 2.45) is 46.5 Å². The van der Waals surface area contributed by atoms with Gasteiger partial charge in [0.15, 0.2) is 0 Å². The van der Waals surface area contributed by atoms with E-state index in [-0.39, 0.29) is 41.9 Å². The zero-order valence-corrected chi connectivity index (χ0v) is 19.1. The third-order valence-corrected chi connectivity index (χ3v) is 8.11. The summed E-state index contributed by atoms with van der Waals surface area (Å²) in [6.07, 6.45) is 11.6. The molecule has 4 aliphatic rings. The molecule has 0 unspecified atom stereocenters. The summed E-state index contributed by atoms with van der Waals surface area (Å²) in [6.45, 7) is 4.41. The van der Waals surface area contributed by atoms with Crippen molar-refractivity contribution >= 4 is 23.6 Å². The first-order chi connectivity index (χ1) is 15.5. The molecule has 0 radical (unpaired) electrons. The normalized spacial score (nSPS) is 33.9. The van der Waals surface area contributed by atoms with Gasteiger partial charge >= 0.3 is 0 Å². The number of amides is 4. The van der Waals surface area contributed by atoms with E-state index in [4.69, 9.17) is 17.9 Å². The molecular weight excluding hydrogens is 422 g/mol. The maximum absolute atomic E-state index is 13.6. The fourth-order valence-corrected chi connectivity index (χ4v) is 6.01. The molecule has 33 heavy (non-hydrogen) atoms. The van der Waals surface area contributed by atoms with Crippen LogP contribution in [0.2, 0.25) is 0 Å². The number of carbonyl (C=O) groups is 4. The maximum Gasteiger partial charge on any atom is 0.243 e. The van der Waals surface area contributed by atoms with E-state index in [2.05, 4.69) is 28.7 Å². The van der Waals surface area contributed by atoms with Gasteiger partial charge in [-0.1, -0.05) is 18.1 Å². The number of primary amides is 1. The van der Waals surface area contributed by atoms with E-state index in [1.807, 2.05) is 0 Å². The van der Waals surface area contributed by atoms with Gasteiger partial charge in [-0.25, -0.2) is 0 Å². The Morgan fingerprint density at radius 2 is 2.03 bits per heavy atom. The van der Waals surface area contributed by atoms with Crippen LogP contribution in [-0.4, -0.2) is 59.7 Å². The molecule has 9 nitrogen and oxygen atoms in total. The second-order valence-corrected chi connectivity index (χ2v) is 10.4. The van der Waals surface area contributed by atoms with Gasteiger partial charge in [-0.2, -0.15) is 0 Å². The van der Waals surface area contributed by atoms with Crippen molar-refractivity contribution in [2.75, 3.05) is 13.1 Å². The second-order valence-electron chi connectivity index (χ2n) is 10.4. The predicted octanol–water partition coefficient (Wildman–Crippen LogP) is -0.881. The molecule has 0 aromatic carbocycles. The van der Waals surface area contributed by atoms with Crippen molar-refractivity contribution < 1.29 is 19.2 Å². The molecule has 2 bridgehead atoms. The lowest BCUT2D eigenvalue weighted by molar-refractivity contribution is -0.142. The van der Waals surface area contributed by atoms with Crippen LogP contribution in [0.25, 0.3) is 0 Å². The van der Waals surface area contributed by atoms with Gasteiger partial charge in [0.25, 0.3) is 0 Å². The van der Waals surface area contributed by atoms with Crippen molar-refractivity contribution in [3.63, 3.8) is 0 Å². The minimum absolute atomic E-state index is 0.0478. The van der Waals surface area contributed by atoms with Crippen LogP contribution in [0.4, 0.5) is 0 Å². The molecule has 2 saturated heterocycles. The highest BCUT2D eigenvalue weighted by Crippen LogP contribution is 2.54. The Balaban J connectivity index is 1.57. The highest BCUT2D eigenvalue weighted by molar-refractivity contribution is 5.94. The van der Waals surface area contributed by atoms with E-state index >= 15 is 0 Å². The summed E-state index contributed by atoms with van der Waals surface area (Å²) in [4.78, 5) is 52.7. The fraction of sp³-hybridized carbons (Fsp3) is 0.667. The van der Waals surface area contributed by atoms with Gasteiger partial charge in [0.1, 0.15) is 18.1 Å². The third kappa shape index (κ3) is 4.01. The topological polar surface area (TPSA) is 148 Å². The molecule has 8 atom stereocenters. The van der Waals surface area contributed by atoms with Crippen molar-refractivity contribution in [3.05, 3.63) is 12.2 Å². The Morgan fingerprint density at radius 3 is 2.64 bits per heavy atom. The number of rotatable bonds is 7. The molecule has 0 aromatic heterocycles. The first kappa shape index (κ1) is 23.3. The zero-order chi connectivity index (χ0) is 24.1. The van der Waals surface area contributed by atoms with Gasteiger partial charge < -0.3 is 27.0 Å². The Kier molecular flexibility index (Phi) is 5.99. The predicted molar refractivity (Wildman–Crippen MR) is 121 cm³/mol. The van der Waals surface area contributed by atoms with Crippen LogP contribution in [-0.2, 0) is 19.2 Å². The van der Waals surface area contributed by atoms with E-state index < -0.39 is 35.4 Å². The summed E-state index contributed by atoms with van der Waals surface area (Å²) in [5.41, 5.74) is 11.0. The number of carbonyl (C=O) groups excluding carboxylic acids is 4. The minimum atomic E-state index is -0.993. The molecule has 2 aliphatic carbocycles. The van der Waals surface area contributed by atoms with Crippen LogP contribution in [0, 0.1) is 47.3 Å². The average Bonchev–Trinajstić information content (AvgIpc) is 3.54. The smallest absolute Gasteiger partial charge is 0.243 e. The Labute approximate surface area is 194 Å². The van der Waals surface area contributed by atoms with Gasteiger partial charge in [-0.15, -0.1) is 6.42 Å². The summed E-state index contributed by atoms with van der Waals surface area (Å²) in [7, 11) is 0. The maximum atomic E-state index is 13.6. The Morgan fingerprint density at radius 1 is 1.33 bits per heavy atom. The number of hydrogen-bond acceptors (Lipinski definition) is 5. The summed E-state index contributed by atoms with van der Waals surface area (Å²) >= 11 is 0. The van der Waals surface area contributed by atoms with E-state index in [0.29, 0.717) is 25.4 Å². The first-order valence-corrected chi connectivity index (χ1v) is 11.6. The monoisotopic (exact) mass is 455 g/mol. The van der Waals surface area contributed by atoms with Crippen molar-refractivity contribution in [1.82, 2.24) is 15.5 Å². The second kappa shape index (κ2) is 8.49. The number of terminal acetylenes is 1. The number of fused-ring (bicyclic) bond motifs is 5. The fourth-order valence-electron chi connectivity index (χ4n) is 6.01. The highest BCUT2D eigenvalue weighted by atomic mass is 16.2. The van der Waals surface area contributed by atoms with E-state index in [1.165, 1.54) is 0 Å². The Hall–Kier alpha value is -2.86. The van der Waals surface area contributed by atoms with E-state index in [0.717, 1.165) is 6.42 Å². The molecule has 9 heteroatoms. The SMILES string of the molecule is C#CC(C)(C)[C@H](N)C(=O)N1C[C@H]2[C@@H]([C@H]1C(=O)N[C@@H](C[C@@H]1CCNC1=O)C(N)=O)[C@H]1C=C[C@@H]2C1. The van der Waals surface area contributed by atoms with Crippen LogP contribution < -0.4 is 22.1 Å². The molecule has 6 N–H and O–H groups in total. The molecule has 0 spiro atoms. The lowest BCUT2D eigenvalue weighted by Gasteiger charge is -2.34. The molecule has 1 saturated carbocycles. The van der Waals surface area contributed by atoms with Crippen LogP contribution in [0.1, 0.15) is 33.1 Å². The van der Waals surface area contributed by atoms with Crippen LogP contribution in [0.15, 0.2) is 12.2 Å². The van der Waals surface area contributed by atoms with Gasteiger partial charge in [0.2, 0.25) is 23.6 Å². The molecule has 178 valence electrons. The third-order valence-electron chi connectivity index (χ3n) is 8.11. The van der Waals surface area contributed by atoms with E-state index in [1.54, 1.807) is 18.7 Å². The minimum Gasteiger partial charge on any atom is -0.368 e. The number of nitrogens with two attached hydrogens (primary N) is 2. The highest BCUT2D eigenvalue weighted by Gasteiger charge is 2.58. The summed E-state index contributed by atoms with van der Waals surface area (Å²) < 4.78 is 0. The standard InChI is InChI=1S/C24H33N5O4/c1-4-24(2,3)19(25)23(33)29-11-15-12-5-6-13(9-12)17(15)18(29)22(32)28-16(20(26)30)10-14-7-8-27-21(14)31/h1,5-6,12-19H,7-11,25H2,2-3H3,(H2,26,30)(H,27,31)(H,28,32)/t12-,13+,14+,15-,16+,17+,18+,19-/m1/s1. The zero-order valence-electron chi connectivity index (χ0n) is 19.1. The molecular formula is C24H33N5O4. The number of nitrogens with one attached hydrogen (secondary N) is 2. The average molecular weight is 456 g/mol. The van der Waals surface area contributed by atoms with Gasteiger partial charge in [0, 0.05) is 24.4 Å². The van der Waals surface area contributed by atoms with Gasteiger partial charge in [0.05, 0.1) is 0 Å². The summed E-state index contributed by atoms with van der Waals surface area (Å²) in [5.74, 6) is 1.18. The largest absolute Gasteiger partial charge is 0.368 e. The molecule has 2 aliphatic heterocycles. The van der Waals surface area contributed by atoms with Crippen molar-refractivity contribution in [3.8, 4) is 12.3 Å². The molecule has 4 amide bonds. The number of allylic oxidation sites excluding steroid dienone is 2. The van der Waals surface area contributed by atoms with Gasteiger partial charge in [-0.3, -0.25) is 19.2 Å². The summed E-state index contributed by atoms with van der Waals surface area (Å²) in [6, 6.07) is -2.72. The Bertz CT molecular complexity index is 938. The van der Waals surface area contributed by atoms with E-state index in [9.17, 15) is 19.2 Å². The lowest BCUT2D eigenvalue weighted by Crippen LogP contribution is -2.58. The molecule has 0 aromatic rings. The summed E-state index contributed by atoms with van der Waals surface area (Å²) in [5, 5.41) is 5.49. The number of hydrogen-bond donors (Lipinski definition) is 4. The molecule has 3 fully saturated rings.